The summed E-state index contributed by atoms with van der Waals surface area (Å²) in [5.74, 6) is 0.155. The second kappa shape index (κ2) is 9.13. The zero-order valence-corrected chi connectivity index (χ0v) is 17.0. The van der Waals surface area contributed by atoms with Gasteiger partial charge in [-0.05, 0) is 37.3 Å². The molecule has 1 N–H and O–H groups in total. The van der Waals surface area contributed by atoms with Gasteiger partial charge in [0, 0.05) is 51.1 Å². The van der Waals surface area contributed by atoms with Gasteiger partial charge in [-0.15, -0.1) is 0 Å². The van der Waals surface area contributed by atoms with Crippen molar-refractivity contribution in [3.8, 4) is 0 Å². The number of benzene rings is 1. The van der Waals surface area contributed by atoms with E-state index < -0.39 is 5.79 Å². The molecule has 3 amide bonds. The maximum atomic E-state index is 12.7. The predicted octanol–water partition coefficient (Wildman–Crippen LogP) is 3.08. The van der Waals surface area contributed by atoms with Crippen molar-refractivity contribution < 1.29 is 19.1 Å². The summed E-state index contributed by atoms with van der Waals surface area (Å²) in [6.45, 7) is 4.21. The van der Waals surface area contributed by atoms with Crippen LogP contribution in [0.2, 0.25) is 0 Å². The molecule has 0 bridgehead atoms. The van der Waals surface area contributed by atoms with E-state index in [4.69, 9.17) is 9.47 Å². The summed E-state index contributed by atoms with van der Waals surface area (Å²) in [5, 5.41) is 2.96. The minimum atomic E-state index is -0.438. The molecule has 0 radical (unpaired) electrons. The number of carbonyl (C=O) groups is 2. The van der Waals surface area contributed by atoms with Gasteiger partial charge in [0.1, 0.15) is 0 Å². The summed E-state index contributed by atoms with van der Waals surface area (Å²) < 4.78 is 11.5. The van der Waals surface area contributed by atoms with Crippen LogP contribution in [0, 0.1) is 5.92 Å². The zero-order valence-electron chi connectivity index (χ0n) is 17.0. The van der Waals surface area contributed by atoms with E-state index in [1.807, 2.05) is 40.1 Å². The molecule has 3 aliphatic rings. The first kappa shape index (κ1) is 20.2. The lowest BCUT2D eigenvalue weighted by Crippen LogP contribution is -2.47. The van der Waals surface area contributed by atoms with E-state index >= 15 is 0 Å². The number of hydrogen-bond acceptors (Lipinski definition) is 4. The number of nitrogens with zero attached hydrogens (tertiary/aromatic N) is 2. The van der Waals surface area contributed by atoms with E-state index in [-0.39, 0.29) is 11.9 Å². The van der Waals surface area contributed by atoms with Crippen molar-refractivity contribution >= 4 is 17.6 Å². The molecular weight excluding hydrogens is 370 g/mol. The third kappa shape index (κ3) is 5.08. The molecule has 7 heteroatoms. The van der Waals surface area contributed by atoms with Crippen LogP contribution >= 0.6 is 0 Å². The van der Waals surface area contributed by atoms with Gasteiger partial charge in [-0.1, -0.05) is 18.2 Å². The zero-order chi connectivity index (χ0) is 20.1. The van der Waals surface area contributed by atoms with Gasteiger partial charge in [0.2, 0.25) is 5.91 Å². The topological polar surface area (TPSA) is 71.1 Å². The Kier molecular flexibility index (Phi) is 6.35. The molecule has 0 saturated carbocycles. The van der Waals surface area contributed by atoms with Crippen LogP contribution in [-0.2, 0) is 14.3 Å². The number of anilines is 1. The molecule has 3 heterocycles. The Morgan fingerprint density at radius 2 is 1.76 bits per heavy atom. The van der Waals surface area contributed by atoms with E-state index in [9.17, 15) is 9.59 Å². The molecule has 158 valence electrons. The summed E-state index contributed by atoms with van der Waals surface area (Å²) in [7, 11) is 0. The lowest BCUT2D eigenvalue weighted by molar-refractivity contribution is -0.187. The maximum Gasteiger partial charge on any atom is 0.321 e. The molecule has 1 unspecified atom stereocenters. The predicted molar refractivity (Wildman–Crippen MR) is 109 cm³/mol. The SMILES string of the molecule is O=C(CCC1CCCN(C(=O)Nc2ccccc2)C1)N1CCC2(CC1)OCCO2. The standard InChI is InChI=1S/C22H31N3O4/c26-20(24-13-10-22(11-14-24)28-15-16-29-22)9-8-18-5-4-12-25(17-18)21(27)23-19-6-2-1-3-7-19/h1-3,6-7,18H,4-5,8-17H2,(H,23,27). The molecule has 3 fully saturated rings. The lowest BCUT2D eigenvalue weighted by Gasteiger charge is -2.38. The highest BCUT2D eigenvalue weighted by molar-refractivity contribution is 5.89. The number of urea groups is 1. The van der Waals surface area contributed by atoms with Crippen molar-refractivity contribution in [2.24, 2.45) is 5.92 Å². The number of para-hydroxylation sites is 1. The fraction of sp³-hybridized carbons (Fsp3) is 0.636. The number of carbonyl (C=O) groups excluding carboxylic acids is 2. The van der Waals surface area contributed by atoms with Gasteiger partial charge in [-0.2, -0.15) is 0 Å². The number of piperidine rings is 2. The molecule has 1 atom stereocenters. The average molecular weight is 402 g/mol. The van der Waals surface area contributed by atoms with Crippen LogP contribution in [0.4, 0.5) is 10.5 Å². The number of hydrogen-bond donors (Lipinski definition) is 1. The number of likely N-dealkylation sites (tertiary alicyclic amines) is 2. The quantitative estimate of drug-likeness (QED) is 0.842. The summed E-state index contributed by atoms with van der Waals surface area (Å²) in [4.78, 5) is 29.0. The third-order valence-corrected chi connectivity index (χ3v) is 6.29. The number of amides is 3. The van der Waals surface area contributed by atoms with Gasteiger partial charge in [0.25, 0.3) is 0 Å². The molecular formula is C22H31N3O4. The van der Waals surface area contributed by atoms with Gasteiger partial charge in [-0.25, -0.2) is 4.79 Å². The van der Waals surface area contributed by atoms with Gasteiger partial charge in [0.15, 0.2) is 5.79 Å². The molecule has 4 rings (SSSR count). The highest BCUT2D eigenvalue weighted by Crippen LogP contribution is 2.31. The minimum Gasteiger partial charge on any atom is -0.347 e. The number of rotatable bonds is 4. The Hall–Kier alpha value is -2.12. The largest absolute Gasteiger partial charge is 0.347 e. The van der Waals surface area contributed by atoms with E-state index in [0.717, 1.165) is 50.9 Å². The lowest BCUT2D eigenvalue weighted by atomic mass is 9.93. The molecule has 3 aliphatic heterocycles. The van der Waals surface area contributed by atoms with Gasteiger partial charge >= 0.3 is 6.03 Å². The van der Waals surface area contributed by atoms with Crippen molar-refractivity contribution in [1.82, 2.24) is 9.80 Å². The van der Waals surface area contributed by atoms with Crippen molar-refractivity contribution in [3.63, 3.8) is 0 Å². The first-order valence-electron chi connectivity index (χ1n) is 10.8. The second-order valence-electron chi connectivity index (χ2n) is 8.28. The molecule has 7 nitrogen and oxygen atoms in total. The normalized spacial score (nSPS) is 23.9. The van der Waals surface area contributed by atoms with Crippen LogP contribution in [0.1, 0.15) is 38.5 Å². The molecule has 29 heavy (non-hydrogen) atoms. The van der Waals surface area contributed by atoms with Crippen LogP contribution in [-0.4, -0.2) is 66.9 Å². The fourth-order valence-corrected chi connectivity index (χ4v) is 4.58. The highest BCUT2D eigenvalue weighted by atomic mass is 16.7. The summed E-state index contributed by atoms with van der Waals surface area (Å²) in [6, 6.07) is 9.48. The van der Waals surface area contributed by atoms with Crippen molar-refractivity contribution in [3.05, 3.63) is 30.3 Å². The number of ether oxygens (including phenoxy) is 2. The first-order valence-corrected chi connectivity index (χ1v) is 10.8. The number of nitrogens with one attached hydrogen (secondary N) is 1. The molecule has 0 aliphatic carbocycles. The Balaban J connectivity index is 1.20. The van der Waals surface area contributed by atoms with E-state index in [1.165, 1.54) is 0 Å². The monoisotopic (exact) mass is 401 g/mol. The van der Waals surface area contributed by atoms with Crippen LogP contribution in [0.15, 0.2) is 30.3 Å². The van der Waals surface area contributed by atoms with Crippen LogP contribution < -0.4 is 5.32 Å². The third-order valence-electron chi connectivity index (χ3n) is 6.29. The summed E-state index contributed by atoms with van der Waals surface area (Å²) in [6.07, 6.45) is 4.97. The smallest absolute Gasteiger partial charge is 0.321 e. The van der Waals surface area contributed by atoms with Crippen molar-refractivity contribution in [1.29, 1.82) is 0 Å². The van der Waals surface area contributed by atoms with Crippen molar-refractivity contribution in [2.45, 2.75) is 44.3 Å². The molecule has 1 aromatic carbocycles. The first-order chi connectivity index (χ1) is 14.1. The Labute approximate surface area is 172 Å². The Morgan fingerprint density at radius 3 is 2.48 bits per heavy atom. The van der Waals surface area contributed by atoms with Crippen LogP contribution in [0.3, 0.4) is 0 Å². The van der Waals surface area contributed by atoms with E-state index in [1.54, 1.807) is 0 Å². The van der Waals surface area contributed by atoms with Gasteiger partial charge < -0.3 is 24.6 Å². The van der Waals surface area contributed by atoms with Crippen LogP contribution in [0.25, 0.3) is 0 Å². The summed E-state index contributed by atoms with van der Waals surface area (Å²) in [5.41, 5.74) is 0.813. The summed E-state index contributed by atoms with van der Waals surface area (Å²) >= 11 is 0. The van der Waals surface area contributed by atoms with E-state index in [2.05, 4.69) is 5.32 Å². The van der Waals surface area contributed by atoms with Gasteiger partial charge in [-0.3, -0.25) is 4.79 Å². The Bertz CT molecular complexity index is 695. The van der Waals surface area contributed by atoms with Crippen LogP contribution in [0.5, 0.6) is 0 Å². The molecule has 1 aromatic rings. The minimum absolute atomic E-state index is 0.0508. The maximum absolute atomic E-state index is 12.7. The van der Waals surface area contributed by atoms with Gasteiger partial charge in [0.05, 0.1) is 13.2 Å². The molecule has 3 saturated heterocycles. The Morgan fingerprint density at radius 1 is 1.03 bits per heavy atom. The highest BCUT2D eigenvalue weighted by Gasteiger charge is 2.40. The van der Waals surface area contributed by atoms with E-state index in [0.29, 0.717) is 38.6 Å². The van der Waals surface area contributed by atoms with Crippen molar-refractivity contribution in [2.75, 3.05) is 44.7 Å². The average Bonchev–Trinajstić information content (AvgIpc) is 3.21. The fourth-order valence-electron chi connectivity index (χ4n) is 4.58. The molecule has 1 spiro atoms. The molecule has 0 aromatic heterocycles. The second-order valence-corrected chi connectivity index (χ2v) is 8.28.